The summed E-state index contributed by atoms with van der Waals surface area (Å²) < 4.78 is 0. The molecule has 0 saturated carbocycles. The Morgan fingerprint density at radius 1 is 0.611 bits per heavy atom. The summed E-state index contributed by atoms with van der Waals surface area (Å²) >= 11 is 0. The van der Waals surface area contributed by atoms with Crippen LogP contribution >= 0.6 is 0 Å². The summed E-state index contributed by atoms with van der Waals surface area (Å²) in [6, 6.07) is 23.2. The summed E-state index contributed by atoms with van der Waals surface area (Å²) in [7, 11) is 0. The van der Waals surface area contributed by atoms with Crippen LogP contribution in [0.4, 0.5) is 0 Å². The van der Waals surface area contributed by atoms with E-state index < -0.39 is 0 Å². The van der Waals surface area contributed by atoms with E-state index in [4.69, 9.17) is 0 Å². The Morgan fingerprint density at radius 2 is 1.17 bits per heavy atom. The van der Waals surface area contributed by atoms with E-state index >= 15 is 0 Å². The second-order valence-corrected chi connectivity index (χ2v) is 4.52. The molecule has 0 aliphatic rings. The fourth-order valence-electron chi connectivity index (χ4n) is 2.08. The Morgan fingerprint density at radius 3 is 1.78 bits per heavy atom. The van der Waals surface area contributed by atoms with Crippen LogP contribution in [-0.2, 0) is 0 Å². The van der Waals surface area contributed by atoms with Crippen LogP contribution in [0, 0.1) is 6.92 Å². The molecule has 0 spiro atoms. The van der Waals surface area contributed by atoms with Crippen molar-refractivity contribution in [2.45, 2.75) is 6.92 Å². The lowest BCUT2D eigenvalue weighted by atomic mass is 10.1. The minimum absolute atomic E-state index is 1.16. The molecule has 1 heterocycles. The summed E-state index contributed by atoms with van der Waals surface area (Å²) in [5, 5.41) is 0. The van der Waals surface area contributed by atoms with Crippen molar-refractivity contribution in [2.75, 3.05) is 0 Å². The SMILES string of the molecule is Cc1ccc(-c2ccc(-c3ccccc3)[nH]2)cc1. The van der Waals surface area contributed by atoms with Crippen LogP contribution in [0.2, 0.25) is 0 Å². The van der Waals surface area contributed by atoms with Gasteiger partial charge in [-0.25, -0.2) is 0 Å². The van der Waals surface area contributed by atoms with Crippen LogP contribution in [0.25, 0.3) is 22.5 Å². The van der Waals surface area contributed by atoms with Crippen LogP contribution in [0.5, 0.6) is 0 Å². The largest absolute Gasteiger partial charge is 0.355 e. The second-order valence-electron chi connectivity index (χ2n) is 4.52. The molecule has 0 unspecified atom stereocenters. The molecular formula is C17H15N. The van der Waals surface area contributed by atoms with E-state index in [1.165, 1.54) is 16.7 Å². The normalized spacial score (nSPS) is 10.5. The summed E-state index contributed by atoms with van der Waals surface area (Å²) in [5.41, 5.74) is 6.05. The quantitative estimate of drug-likeness (QED) is 0.662. The van der Waals surface area contributed by atoms with Crippen LogP contribution in [0.3, 0.4) is 0 Å². The maximum atomic E-state index is 3.47. The lowest BCUT2D eigenvalue weighted by Gasteiger charge is -2.00. The molecule has 3 aromatic rings. The Balaban J connectivity index is 1.97. The van der Waals surface area contributed by atoms with E-state index in [2.05, 4.69) is 72.6 Å². The molecule has 2 aromatic carbocycles. The first-order valence-electron chi connectivity index (χ1n) is 6.14. The number of aromatic amines is 1. The maximum Gasteiger partial charge on any atom is 0.0458 e. The van der Waals surface area contributed by atoms with Gasteiger partial charge in [0.05, 0.1) is 0 Å². The van der Waals surface area contributed by atoms with Gasteiger partial charge in [0.1, 0.15) is 0 Å². The zero-order valence-corrected chi connectivity index (χ0v) is 10.4. The van der Waals surface area contributed by atoms with Gasteiger partial charge in [-0.3, -0.25) is 0 Å². The third-order valence-electron chi connectivity index (χ3n) is 3.13. The lowest BCUT2D eigenvalue weighted by molar-refractivity contribution is 1.38. The van der Waals surface area contributed by atoms with Crippen LogP contribution in [-0.4, -0.2) is 4.98 Å². The van der Waals surface area contributed by atoms with E-state index in [9.17, 15) is 0 Å². The van der Waals surface area contributed by atoms with Gasteiger partial charge in [-0.15, -0.1) is 0 Å². The lowest BCUT2D eigenvalue weighted by Crippen LogP contribution is -1.80. The van der Waals surface area contributed by atoms with E-state index in [1.54, 1.807) is 0 Å². The van der Waals surface area contributed by atoms with Gasteiger partial charge in [0.2, 0.25) is 0 Å². The standard InChI is InChI=1S/C17H15N/c1-13-7-9-15(10-8-13)17-12-11-16(18-17)14-5-3-2-4-6-14/h2-12,18H,1H3. The van der Waals surface area contributed by atoms with Gasteiger partial charge in [0, 0.05) is 11.4 Å². The predicted molar refractivity (Wildman–Crippen MR) is 76.4 cm³/mol. The number of hydrogen-bond acceptors (Lipinski definition) is 0. The van der Waals surface area contributed by atoms with Crippen molar-refractivity contribution >= 4 is 0 Å². The summed E-state index contributed by atoms with van der Waals surface area (Å²) in [6.07, 6.45) is 0. The molecule has 1 nitrogen and oxygen atoms in total. The van der Waals surface area contributed by atoms with Crippen LogP contribution in [0.1, 0.15) is 5.56 Å². The first-order chi connectivity index (χ1) is 8.83. The highest BCUT2D eigenvalue weighted by molar-refractivity contribution is 5.68. The molecule has 1 N–H and O–H groups in total. The van der Waals surface area contributed by atoms with Gasteiger partial charge < -0.3 is 4.98 Å². The van der Waals surface area contributed by atoms with Crippen molar-refractivity contribution in [3.63, 3.8) is 0 Å². The minimum Gasteiger partial charge on any atom is -0.355 e. The van der Waals surface area contributed by atoms with Crippen molar-refractivity contribution < 1.29 is 0 Å². The maximum absolute atomic E-state index is 3.47. The van der Waals surface area contributed by atoms with E-state index in [0.717, 1.165) is 11.4 Å². The average Bonchev–Trinajstić information content (AvgIpc) is 2.90. The van der Waals surface area contributed by atoms with Gasteiger partial charge in [0.25, 0.3) is 0 Å². The molecule has 0 fully saturated rings. The van der Waals surface area contributed by atoms with Crippen molar-refractivity contribution in [1.29, 1.82) is 0 Å². The monoisotopic (exact) mass is 233 g/mol. The van der Waals surface area contributed by atoms with Crippen molar-refractivity contribution in [1.82, 2.24) is 4.98 Å². The molecule has 0 amide bonds. The number of benzene rings is 2. The van der Waals surface area contributed by atoms with Crippen molar-refractivity contribution in [3.8, 4) is 22.5 Å². The zero-order valence-electron chi connectivity index (χ0n) is 10.4. The molecule has 1 aromatic heterocycles. The van der Waals surface area contributed by atoms with Gasteiger partial charge in [-0.1, -0.05) is 60.2 Å². The van der Waals surface area contributed by atoms with Gasteiger partial charge in [-0.2, -0.15) is 0 Å². The van der Waals surface area contributed by atoms with Gasteiger partial charge in [-0.05, 0) is 30.2 Å². The molecule has 0 aliphatic heterocycles. The van der Waals surface area contributed by atoms with E-state index in [1.807, 2.05) is 6.07 Å². The Kier molecular flexibility index (Phi) is 2.73. The predicted octanol–water partition coefficient (Wildman–Crippen LogP) is 4.66. The molecule has 3 rings (SSSR count). The minimum atomic E-state index is 1.16. The first-order valence-corrected chi connectivity index (χ1v) is 6.14. The van der Waals surface area contributed by atoms with Crippen molar-refractivity contribution in [2.24, 2.45) is 0 Å². The number of aryl methyl sites for hydroxylation is 1. The Hall–Kier alpha value is -2.28. The fraction of sp³-hybridized carbons (Fsp3) is 0.0588. The molecule has 0 aliphatic carbocycles. The average molecular weight is 233 g/mol. The van der Waals surface area contributed by atoms with E-state index in [-0.39, 0.29) is 0 Å². The molecule has 18 heavy (non-hydrogen) atoms. The van der Waals surface area contributed by atoms with Crippen molar-refractivity contribution in [3.05, 3.63) is 72.3 Å². The molecule has 0 radical (unpaired) electrons. The Bertz CT molecular complexity index is 633. The topological polar surface area (TPSA) is 15.8 Å². The summed E-state index contributed by atoms with van der Waals surface area (Å²) in [5.74, 6) is 0. The summed E-state index contributed by atoms with van der Waals surface area (Å²) in [6.45, 7) is 2.11. The molecular weight excluding hydrogens is 218 g/mol. The Labute approximate surface area is 107 Å². The highest BCUT2D eigenvalue weighted by Crippen LogP contribution is 2.24. The first kappa shape index (κ1) is 10.8. The molecule has 88 valence electrons. The molecule has 0 saturated heterocycles. The number of aromatic nitrogens is 1. The van der Waals surface area contributed by atoms with Gasteiger partial charge in [0.15, 0.2) is 0 Å². The molecule has 0 bridgehead atoms. The van der Waals surface area contributed by atoms with Gasteiger partial charge >= 0.3 is 0 Å². The number of hydrogen-bond donors (Lipinski definition) is 1. The summed E-state index contributed by atoms with van der Waals surface area (Å²) in [4.78, 5) is 3.47. The van der Waals surface area contributed by atoms with Crippen LogP contribution in [0.15, 0.2) is 66.7 Å². The fourth-order valence-corrected chi connectivity index (χ4v) is 2.08. The van der Waals surface area contributed by atoms with E-state index in [0.29, 0.717) is 0 Å². The number of H-pyrrole nitrogens is 1. The third-order valence-corrected chi connectivity index (χ3v) is 3.13. The molecule has 0 atom stereocenters. The number of nitrogens with one attached hydrogen (secondary N) is 1. The highest BCUT2D eigenvalue weighted by atomic mass is 14.7. The smallest absolute Gasteiger partial charge is 0.0458 e. The highest BCUT2D eigenvalue weighted by Gasteiger charge is 2.02. The third kappa shape index (κ3) is 2.07. The molecule has 1 heteroatoms. The van der Waals surface area contributed by atoms with Crippen LogP contribution < -0.4 is 0 Å². The number of rotatable bonds is 2. The zero-order chi connectivity index (χ0) is 12.4. The second kappa shape index (κ2) is 4.53.